The smallest absolute Gasteiger partial charge is 0.240 e. The number of benzene rings is 2. The second-order valence-electron chi connectivity index (χ2n) is 6.99. The van der Waals surface area contributed by atoms with E-state index in [-0.39, 0.29) is 17.7 Å². The third kappa shape index (κ3) is 4.20. The summed E-state index contributed by atoms with van der Waals surface area (Å²) in [6, 6.07) is 10.9. The van der Waals surface area contributed by atoms with Crippen LogP contribution in [-0.4, -0.2) is 54.1 Å². The highest BCUT2D eigenvalue weighted by atomic mass is 35.5. The minimum atomic E-state index is -0.170. The highest BCUT2D eigenvalue weighted by Crippen LogP contribution is 2.38. The standard InChI is InChI=1S/C21H25ClN2O3/c1-4-18(23(2)3)21(26)24-8-9-27-20-16(13-24)10-15(12-19(20)25)14-6-5-7-17(22)11-14/h5-7,10-12,18,25H,4,8-9,13H2,1-3H3/t18-/m0/s1. The van der Waals surface area contributed by atoms with Gasteiger partial charge in [0.05, 0.1) is 12.6 Å². The van der Waals surface area contributed by atoms with E-state index >= 15 is 0 Å². The molecule has 2 aromatic rings. The molecule has 1 aliphatic heterocycles. The van der Waals surface area contributed by atoms with Crippen molar-refractivity contribution in [3.05, 3.63) is 47.0 Å². The van der Waals surface area contributed by atoms with E-state index in [4.69, 9.17) is 16.3 Å². The summed E-state index contributed by atoms with van der Waals surface area (Å²) >= 11 is 6.10. The molecule has 0 saturated heterocycles. The Hall–Kier alpha value is -2.24. The summed E-state index contributed by atoms with van der Waals surface area (Å²) in [6.45, 7) is 3.25. The average molecular weight is 389 g/mol. The zero-order valence-electron chi connectivity index (χ0n) is 15.9. The van der Waals surface area contributed by atoms with Crippen LogP contribution in [0.5, 0.6) is 11.5 Å². The zero-order chi connectivity index (χ0) is 19.6. The Morgan fingerprint density at radius 1 is 1.30 bits per heavy atom. The molecule has 1 heterocycles. The molecule has 2 aromatic carbocycles. The van der Waals surface area contributed by atoms with Gasteiger partial charge in [0.2, 0.25) is 5.91 Å². The van der Waals surface area contributed by atoms with Crippen molar-refractivity contribution in [1.29, 1.82) is 0 Å². The number of carbonyl (C=O) groups is 1. The van der Waals surface area contributed by atoms with Crippen LogP contribution in [0.4, 0.5) is 0 Å². The SMILES string of the molecule is CC[C@@H](C(=O)N1CCOc2c(O)cc(-c3cccc(Cl)c3)cc2C1)N(C)C. The molecule has 144 valence electrons. The molecule has 0 aromatic heterocycles. The van der Waals surface area contributed by atoms with Crippen LogP contribution in [-0.2, 0) is 11.3 Å². The molecule has 6 heteroatoms. The molecule has 0 radical (unpaired) electrons. The number of hydrogen-bond acceptors (Lipinski definition) is 4. The molecule has 1 aliphatic rings. The first-order valence-electron chi connectivity index (χ1n) is 9.10. The number of likely N-dealkylation sites (N-methyl/N-ethyl adjacent to an activating group) is 1. The topological polar surface area (TPSA) is 53.0 Å². The molecule has 0 unspecified atom stereocenters. The zero-order valence-corrected chi connectivity index (χ0v) is 16.7. The Morgan fingerprint density at radius 2 is 2.07 bits per heavy atom. The molecule has 1 atom stereocenters. The summed E-state index contributed by atoms with van der Waals surface area (Å²) in [5.74, 6) is 0.608. The number of amides is 1. The number of rotatable bonds is 4. The molecule has 0 saturated carbocycles. The van der Waals surface area contributed by atoms with Gasteiger partial charge in [-0.15, -0.1) is 0 Å². The second-order valence-corrected chi connectivity index (χ2v) is 7.43. The van der Waals surface area contributed by atoms with Crippen LogP contribution in [0, 0.1) is 0 Å². The molecule has 0 aliphatic carbocycles. The lowest BCUT2D eigenvalue weighted by molar-refractivity contribution is -0.137. The van der Waals surface area contributed by atoms with Gasteiger partial charge >= 0.3 is 0 Å². The summed E-state index contributed by atoms with van der Waals surface area (Å²) in [5.41, 5.74) is 2.54. The molecular weight excluding hydrogens is 364 g/mol. The fraction of sp³-hybridized carbons (Fsp3) is 0.381. The third-order valence-corrected chi connectivity index (χ3v) is 5.11. The average Bonchev–Trinajstić information content (AvgIpc) is 2.84. The largest absolute Gasteiger partial charge is 0.504 e. The van der Waals surface area contributed by atoms with E-state index in [1.165, 1.54) is 0 Å². The normalized spacial score (nSPS) is 15.1. The van der Waals surface area contributed by atoms with Crippen LogP contribution in [0.1, 0.15) is 18.9 Å². The maximum atomic E-state index is 13.0. The van der Waals surface area contributed by atoms with E-state index in [0.29, 0.717) is 30.5 Å². The predicted octanol–water partition coefficient (Wildman–Crippen LogP) is 3.77. The molecule has 3 rings (SSSR count). The van der Waals surface area contributed by atoms with Gasteiger partial charge < -0.3 is 14.7 Å². The molecule has 0 spiro atoms. The first-order valence-corrected chi connectivity index (χ1v) is 9.48. The lowest BCUT2D eigenvalue weighted by Crippen LogP contribution is -2.46. The van der Waals surface area contributed by atoms with Crippen molar-refractivity contribution in [2.24, 2.45) is 0 Å². The van der Waals surface area contributed by atoms with E-state index in [2.05, 4.69) is 0 Å². The van der Waals surface area contributed by atoms with Crippen molar-refractivity contribution in [2.75, 3.05) is 27.2 Å². The Bertz CT molecular complexity index is 838. The van der Waals surface area contributed by atoms with Gasteiger partial charge in [-0.1, -0.05) is 30.7 Å². The maximum Gasteiger partial charge on any atom is 0.240 e. The number of carbonyl (C=O) groups excluding carboxylic acids is 1. The third-order valence-electron chi connectivity index (χ3n) is 4.88. The van der Waals surface area contributed by atoms with E-state index in [9.17, 15) is 9.90 Å². The second kappa shape index (κ2) is 8.19. The van der Waals surface area contributed by atoms with Crippen molar-refractivity contribution in [1.82, 2.24) is 9.80 Å². The number of phenols is 1. The van der Waals surface area contributed by atoms with E-state index in [1.54, 1.807) is 11.0 Å². The molecule has 5 nitrogen and oxygen atoms in total. The van der Waals surface area contributed by atoms with Gasteiger partial charge in [0.1, 0.15) is 6.61 Å². The molecule has 0 bridgehead atoms. The lowest BCUT2D eigenvalue weighted by atomic mass is 10.0. The van der Waals surface area contributed by atoms with Crippen LogP contribution in [0.2, 0.25) is 5.02 Å². The molecule has 1 N–H and O–H groups in total. The Balaban J connectivity index is 1.95. The first-order chi connectivity index (χ1) is 12.9. The molecule has 27 heavy (non-hydrogen) atoms. The van der Waals surface area contributed by atoms with Gasteiger partial charge in [0.25, 0.3) is 0 Å². The number of nitrogens with zero attached hydrogens (tertiary/aromatic N) is 2. The van der Waals surface area contributed by atoms with Crippen LogP contribution >= 0.6 is 11.6 Å². The Morgan fingerprint density at radius 3 is 2.74 bits per heavy atom. The monoisotopic (exact) mass is 388 g/mol. The maximum absolute atomic E-state index is 13.0. The number of aromatic hydroxyl groups is 1. The summed E-state index contributed by atoms with van der Waals surface area (Å²) < 4.78 is 5.76. The van der Waals surface area contributed by atoms with Crippen molar-refractivity contribution in [3.63, 3.8) is 0 Å². The van der Waals surface area contributed by atoms with Crippen LogP contribution in [0.3, 0.4) is 0 Å². The summed E-state index contributed by atoms with van der Waals surface area (Å²) in [4.78, 5) is 16.7. The van der Waals surface area contributed by atoms with E-state index in [1.807, 2.05) is 56.3 Å². The van der Waals surface area contributed by atoms with E-state index in [0.717, 1.165) is 23.1 Å². The van der Waals surface area contributed by atoms with Crippen molar-refractivity contribution < 1.29 is 14.6 Å². The first kappa shape index (κ1) is 19.5. The van der Waals surface area contributed by atoms with Gasteiger partial charge in [0.15, 0.2) is 11.5 Å². The van der Waals surface area contributed by atoms with Gasteiger partial charge in [-0.05, 0) is 55.9 Å². The predicted molar refractivity (Wildman–Crippen MR) is 107 cm³/mol. The lowest BCUT2D eigenvalue weighted by Gasteiger charge is -2.29. The minimum absolute atomic E-state index is 0.0756. The number of fused-ring (bicyclic) bond motifs is 1. The summed E-state index contributed by atoms with van der Waals surface area (Å²) in [5, 5.41) is 11.1. The van der Waals surface area contributed by atoms with Gasteiger partial charge in [-0.2, -0.15) is 0 Å². The van der Waals surface area contributed by atoms with Crippen LogP contribution < -0.4 is 4.74 Å². The fourth-order valence-electron chi connectivity index (χ4n) is 3.49. The van der Waals surface area contributed by atoms with Gasteiger partial charge in [-0.3, -0.25) is 9.69 Å². The number of ether oxygens (including phenoxy) is 1. The number of hydrogen-bond donors (Lipinski definition) is 1. The highest BCUT2D eigenvalue weighted by molar-refractivity contribution is 6.30. The number of halogens is 1. The van der Waals surface area contributed by atoms with Crippen molar-refractivity contribution in [3.8, 4) is 22.6 Å². The summed E-state index contributed by atoms with van der Waals surface area (Å²) in [7, 11) is 3.83. The van der Waals surface area contributed by atoms with Crippen molar-refractivity contribution in [2.45, 2.75) is 25.9 Å². The number of phenolic OH excluding ortho intramolecular Hbond substituents is 1. The van der Waals surface area contributed by atoms with E-state index < -0.39 is 0 Å². The molecule has 0 fully saturated rings. The molecule has 1 amide bonds. The molecular formula is C21H25ClN2O3. The Kier molecular flexibility index (Phi) is 5.92. The van der Waals surface area contributed by atoms with Crippen LogP contribution in [0.15, 0.2) is 36.4 Å². The van der Waals surface area contributed by atoms with Crippen LogP contribution in [0.25, 0.3) is 11.1 Å². The van der Waals surface area contributed by atoms with Gasteiger partial charge in [0, 0.05) is 17.1 Å². The van der Waals surface area contributed by atoms with Crippen molar-refractivity contribution >= 4 is 17.5 Å². The quantitative estimate of drug-likeness (QED) is 0.866. The Labute approximate surface area is 165 Å². The minimum Gasteiger partial charge on any atom is -0.504 e. The fourth-order valence-corrected chi connectivity index (χ4v) is 3.68. The van der Waals surface area contributed by atoms with Gasteiger partial charge in [-0.25, -0.2) is 0 Å². The highest BCUT2D eigenvalue weighted by Gasteiger charge is 2.28. The summed E-state index contributed by atoms with van der Waals surface area (Å²) in [6.07, 6.45) is 0.740.